The van der Waals surface area contributed by atoms with Gasteiger partial charge in [0, 0.05) is 52.3 Å². The van der Waals surface area contributed by atoms with E-state index in [2.05, 4.69) is 9.80 Å². The lowest BCUT2D eigenvalue weighted by Gasteiger charge is -2.48. The van der Waals surface area contributed by atoms with Crippen LogP contribution in [0.5, 0.6) is 5.88 Å². The van der Waals surface area contributed by atoms with E-state index in [9.17, 15) is 18.8 Å². The number of morpholine rings is 1. The average Bonchev–Trinajstić information content (AvgIpc) is 3.06. The number of pyridine rings is 1. The van der Waals surface area contributed by atoms with E-state index in [0.717, 1.165) is 11.1 Å². The smallest absolute Gasteiger partial charge is 0.410 e. The van der Waals surface area contributed by atoms with Gasteiger partial charge in [-0.1, -0.05) is 12.1 Å². The number of methoxy groups -OCH3 is 1. The SMILES string of the molecule is COC[C@@H]1COCCN1C[C@H]1CN(C(=O)OC(C)(C)C)[C@H](C)CN1CC(=O)N1c2cc(Cc3ccc(F)cc3)c(COC(C)=O)nc2OC[C@@H]1C. The van der Waals surface area contributed by atoms with E-state index >= 15 is 0 Å². The van der Waals surface area contributed by atoms with E-state index in [1.165, 1.54) is 19.1 Å². The summed E-state index contributed by atoms with van der Waals surface area (Å²) in [6, 6.07) is 7.40. The number of anilines is 1. The number of piperazine rings is 1. The predicted molar refractivity (Wildman–Crippen MR) is 187 cm³/mol. The average molecular weight is 714 g/mol. The normalized spacial score (nSPS) is 23.0. The standard InChI is InChI=1S/C37H52FN5O8/c1-24-16-41(30(18-42(24)36(46)51-37(4,5)6)17-40-12-13-48-22-31(40)21-47-7)19-34(45)43-25(2)20-50-35-33(43)15-28(32(39-35)23-49-26(3)44)14-27-8-10-29(38)11-9-27/h8-11,15,24-25,30-31H,12-14,16-23H2,1-7H3/t24-,25+,30+,31-/m1/s1. The molecule has 0 unspecified atom stereocenters. The third-order valence-corrected chi connectivity index (χ3v) is 9.36. The molecule has 4 atom stereocenters. The van der Waals surface area contributed by atoms with Crippen LogP contribution in [0.1, 0.15) is 58.4 Å². The summed E-state index contributed by atoms with van der Waals surface area (Å²) in [7, 11) is 1.67. The van der Waals surface area contributed by atoms with Crippen molar-refractivity contribution >= 4 is 23.7 Å². The first-order valence-electron chi connectivity index (χ1n) is 17.6. The first kappa shape index (κ1) is 38.4. The van der Waals surface area contributed by atoms with E-state index in [1.807, 2.05) is 40.7 Å². The van der Waals surface area contributed by atoms with Crippen molar-refractivity contribution in [1.29, 1.82) is 0 Å². The molecule has 0 N–H and O–H groups in total. The number of aromatic nitrogens is 1. The molecule has 0 bridgehead atoms. The Kier molecular flexibility index (Phi) is 12.5. The summed E-state index contributed by atoms with van der Waals surface area (Å²) < 4.78 is 42.1. The van der Waals surface area contributed by atoms with Gasteiger partial charge in [-0.15, -0.1) is 0 Å². The molecule has 14 heteroatoms. The maximum absolute atomic E-state index is 14.5. The quantitative estimate of drug-likeness (QED) is 0.336. The number of carbonyl (C=O) groups excluding carboxylic acids is 3. The van der Waals surface area contributed by atoms with E-state index in [-0.39, 0.29) is 67.6 Å². The molecule has 2 saturated heterocycles. The topological polar surface area (TPSA) is 123 Å². The number of halogens is 1. The van der Waals surface area contributed by atoms with Crippen molar-refractivity contribution in [1.82, 2.24) is 19.7 Å². The van der Waals surface area contributed by atoms with Gasteiger partial charge in [-0.3, -0.25) is 19.4 Å². The number of carbonyl (C=O) groups is 3. The van der Waals surface area contributed by atoms with Crippen molar-refractivity contribution in [3.8, 4) is 5.88 Å². The van der Waals surface area contributed by atoms with Crippen LogP contribution < -0.4 is 9.64 Å². The second kappa shape index (κ2) is 16.7. The van der Waals surface area contributed by atoms with Crippen LogP contribution in [-0.2, 0) is 41.6 Å². The Hall–Kier alpha value is -3.85. The lowest BCUT2D eigenvalue weighted by molar-refractivity contribution is -0.142. The van der Waals surface area contributed by atoms with Crippen molar-refractivity contribution < 1.29 is 42.5 Å². The van der Waals surface area contributed by atoms with Gasteiger partial charge in [-0.25, -0.2) is 14.2 Å². The second-order valence-electron chi connectivity index (χ2n) is 14.7. The number of fused-ring (bicyclic) bond motifs is 1. The lowest BCUT2D eigenvalue weighted by Crippen LogP contribution is -2.65. The van der Waals surface area contributed by atoms with Crippen LogP contribution in [0.15, 0.2) is 30.3 Å². The summed E-state index contributed by atoms with van der Waals surface area (Å²) in [5, 5.41) is 0. The first-order valence-corrected chi connectivity index (χ1v) is 17.6. The number of ether oxygens (including phenoxy) is 5. The van der Waals surface area contributed by atoms with Gasteiger partial charge in [-0.2, -0.15) is 0 Å². The van der Waals surface area contributed by atoms with Crippen LogP contribution in [0, 0.1) is 5.82 Å². The molecule has 3 aliphatic heterocycles. The third-order valence-electron chi connectivity index (χ3n) is 9.36. The molecule has 280 valence electrons. The summed E-state index contributed by atoms with van der Waals surface area (Å²) in [4.78, 5) is 52.3. The fourth-order valence-electron chi connectivity index (χ4n) is 6.85. The van der Waals surface area contributed by atoms with Crippen LogP contribution in [0.25, 0.3) is 0 Å². The highest BCUT2D eigenvalue weighted by Crippen LogP contribution is 2.36. The van der Waals surface area contributed by atoms with E-state index < -0.39 is 11.6 Å². The summed E-state index contributed by atoms with van der Waals surface area (Å²) in [5.74, 6) is -0.645. The molecule has 13 nitrogen and oxygen atoms in total. The minimum atomic E-state index is -0.644. The van der Waals surface area contributed by atoms with Crippen molar-refractivity contribution in [3.63, 3.8) is 0 Å². The molecule has 0 radical (unpaired) electrons. The highest BCUT2D eigenvalue weighted by Gasteiger charge is 2.41. The van der Waals surface area contributed by atoms with Crippen LogP contribution >= 0.6 is 0 Å². The monoisotopic (exact) mass is 713 g/mol. The Bertz CT molecular complexity index is 1530. The van der Waals surface area contributed by atoms with Crippen molar-refractivity contribution in [3.05, 3.63) is 53.0 Å². The van der Waals surface area contributed by atoms with Crippen LogP contribution in [0.2, 0.25) is 0 Å². The second-order valence-corrected chi connectivity index (χ2v) is 14.7. The molecular formula is C37H52FN5O8. The maximum atomic E-state index is 14.5. The summed E-state index contributed by atoms with van der Waals surface area (Å²) in [6.07, 6.45) is 0.00329. The van der Waals surface area contributed by atoms with Crippen molar-refractivity contribution in [2.45, 2.75) is 84.3 Å². The summed E-state index contributed by atoms with van der Waals surface area (Å²) >= 11 is 0. The fourth-order valence-corrected chi connectivity index (χ4v) is 6.85. The first-order chi connectivity index (χ1) is 24.2. The number of benzene rings is 1. The van der Waals surface area contributed by atoms with Gasteiger partial charge in [0.2, 0.25) is 11.8 Å². The van der Waals surface area contributed by atoms with Gasteiger partial charge in [0.1, 0.15) is 30.3 Å². The molecule has 0 saturated carbocycles. The van der Waals surface area contributed by atoms with E-state index in [4.69, 9.17) is 28.7 Å². The van der Waals surface area contributed by atoms with Crippen molar-refractivity contribution in [2.75, 3.05) is 71.2 Å². The Morgan fingerprint density at radius 2 is 1.76 bits per heavy atom. The Labute approximate surface area is 299 Å². The van der Waals surface area contributed by atoms with Gasteiger partial charge >= 0.3 is 12.1 Å². The fraction of sp³-hybridized carbons (Fsp3) is 0.622. The summed E-state index contributed by atoms with van der Waals surface area (Å²) in [5.41, 5.74) is 1.94. The highest BCUT2D eigenvalue weighted by molar-refractivity contribution is 5.97. The zero-order valence-electron chi connectivity index (χ0n) is 30.9. The number of esters is 1. The van der Waals surface area contributed by atoms with E-state index in [1.54, 1.807) is 29.0 Å². The van der Waals surface area contributed by atoms with Gasteiger partial charge < -0.3 is 33.5 Å². The molecule has 2 aromatic rings. The molecule has 51 heavy (non-hydrogen) atoms. The summed E-state index contributed by atoms with van der Waals surface area (Å²) in [6.45, 7) is 14.9. The molecule has 1 aromatic carbocycles. The minimum absolute atomic E-state index is 0.0496. The van der Waals surface area contributed by atoms with E-state index in [0.29, 0.717) is 63.8 Å². The molecule has 0 aliphatic carbocycles. The van der Waals surface area contributed by atoms with Gasteiger partial charge in [0.15, 0.2) is 0 Å². The number of hydrogen-bond donors (Lipinski definition) is 0. The zero-order chi connectivity index (χ0) is 36.9. The Morgan fingerprint density at radius 3 is 2.45 bits per heavy atom. The maximum Gasteiger partial charge on any atom is 0.410 e. The minimum Gasteiger partial charge on any atom is -0.474 e. The number of amides is 2. The van der Waals surface area contributed by atoms with Crippen LogP contribution in [0.4, 0.5) is 14.9 Å². The molecule has 2 fully saturated rings. The largest absolute Gasteiger partial charge is 0.474 e. The zero-order valence-corrected chi connectivity index (χ0v) is 30.9. The van der Waals surface area contributed by atoms with Gasteiger partial charge in [0.05, 0.1) is 44.1 Å². The Balaban J connectivity index is 1.43. The number of rotatable bonds is 10. The van der Waals surface area contributed by atoms with Crippen molar-refractivity contribution in [2.24, 2.45) is 0 Å². The van der Waals surface area contributed by atoms with Gasteiger partial charge in [0.25, 0.3) is 0 Å². The molecule has 1 aromatic heterocycles. The molecule has 5 rings (SSSR count). The predicted octanol–water partition coefficient (Wildman–Crippen LogP) is 3.65. The molecule has 3 aliphatic rings. The Morgan fingerprint density at radius 1 is 1.02 bits per heavy atom. The molecule has 0 spiro atoms. The van der Waals surface area contributed by atoms with Gasteiger partial charge in [-0.05, 0) is 70.4 Å². The molecule has 2 amide bonds. The molecule has 4 heterocycles. The molecular weight excluding hydrogens is 661 g/mol. The van der Waals surface area contributed by atoms with Crippen LogP contribution in [-0.4, -0.2) is 134 Å². The van der Waals surface area contributed by atoms with Crippen LogP contribution in [0.3, 0.4) is 0 Å². The lowest BCUT2D eigenvalue weighted by atomic mass is 10.0. The number of hydrogen-bond acceptors (Lipinski definition) is 11. The highest BCUT2D eigenvalue weighted by atomic mass is 19.1. The third kappa shape index (κ3) is 9.94. The number of nitrogens with zero attached hydrogens (tertiary/aromatic N) is 5.